The Labute approximate surface area is 132 Å². The SMILES string of the molecule is Nc1ccc(Cl)cc1-c1nc(-c2ccc(F)cc2Br)no1. The first-order chi connectivity index (χ1) is 10.0. The van der Waals surface area contributed by atoms with E-state index < -0.39 is 0 Å². The lowest BCUT2D eigenvalue weighted by Gasteiger charge is -2.00. The number of nitrogens with two attached hydrogens (primary N) is 1. The molecule has 0 amide bonds. The Bertz CT molecular complexity index is 822. The van der Waals surface area contributed by atoms with Crippen LogP contribution in [0.2, 0.25) is 5.02 Å². The van der Waals surface area contributed by atoms with Crippen molar-refractivity contribution in [3.05, 3.63) is 51.7 Å². The van der Waals surface area contributed by atoms with E-state index in [0.29, 0.717) is 32.1 Å². The van der Waals surface area contributed by atoms with E-state index in [2.05, 4.69) is 26.1 Å². The highest BCUT2D eigenvalue weighted by molar-refractivity contribution is 9.10. The highest BCUT2D eigenvalue weighted by atomic mass is 79.9. The molecule has 0 bridgehead atoms. The summed E-state index contributed by atoms with van der Waals surface area (Å²) in [5, 5.41) is 4.40. The summed E-state index contributed by atoms with van der Waals surface area (Å²) in [4.78, 5) is 4.27. The topological polar surface area (TPSA) is 64.9 Å². The maximum Gasteiger partial charge on any atom is 0.260 e. The van der Waals surface area contributed by atoms with E-state index in [9.17, 15) is 4.39 Å². The van der Waals surface area contributed by atoms with Gasteiger partial charge in [-0.2, -0.15) is 4.98 Å². The molecule has 21 heavy (non-hydrogen) atoms. The fourth-order valence-electron chi connectivity index (χ4n) is 1.83. The molecular weight excluding hydrogens is 361 g/mol. The van der Waals surface area contributed by atoms with Crippen LogP contribution < -0.4 is 5.73 Å². The number of rotatable bonds is 2. The van der Waals surface area contributed by atoms with Gasteiger partial charge in [0.2, 0.25) is 5.82 Å². The Morgan fingerprint density at radius 3 is 2.71 bits per heavy atom. The maximum atomic E-state index is 13.1. The van der Waals surface area contributed by atoms with Gasteiger partial charge in [0.15, 0.2) is 0 Å². The van der Waals surface area contributed by atoms with Crippen LogP contribution in [0.3, 0.4) is 0 Å². The molecule has 0 spiro atoms. The number of anilines is 1. The average molecular weight is 369 g/mol. The molecule has 1 heterocycles. The lowest BCUT2D eigenvalue weighted by Crippen LogP contribution is -1.90. The first kappa shape index (κ1) is 14.0. The van der Waals surface area contributed by atoms with Crippen molar-refractivity contribution in [1.29, 1.82) is 0 Å². The standard InChI is InChI=1S/C14H8BrClFN3O/c15-11-6-8(17)2-3-9(11)13-19-14(21-20-13)10-5-7(16)1-4-12(10)18/h1-6H,18H2. The van der Waals surface area contributed by atoms with Crippen LogP contribution in [-0.2, 0) is 0 Å². The predicted octanol–water partition coefficient (Wildman–Crippen LogP) is 4.54. The second-order valence-electron chi connectivity index (χ2n) is 4.28. The van der Waals surface area contributed by atoms with Crippen molar-refractivity contribution in [3.63, 3.8) is 0 Å². The quantitative estimate of drug-likeness (QED) is 0.674. The average Bonchev–Trinajstić information content (AvgIpc) is 2.91. The van der Waals surface area contributed by atoms with Crippen LogP contribution in [0.4, 0.5) is 10.1 Å². The van der Waals surface area contributed by atoms with E-state index in [0.717, 1.165) is 0 Å². The molecule has 0 radical (unpaired) electrons. The summed E-state index contributed by atoms with van der Waals surface area (Å²) in [5.41, 5.74) is 7.53. The summed E-state index contributed by atoms with van der Waals surface area (Å²) in [6.45, 7) is 0. The Morgan fingerprint density at radius 1 is 1.14 bits per heavy atom. The molecule has 0 fully saturated rings. The zero-order valence-electron chi connectivity index (χ0n) is 10.5. The van der Waals surface area contributed by atoms with Gasteiger partial charge in [0.05, 0.1) is 5.56 Å². The third-order valence-electron chi connectivity index (χ3n) is 2.84. The fourth-order valence-corrected chi connectivity index (χ4v) is 2.53. The number of hydrogen-bond donors (Lipinski definition) is 1. The molecule has 2 aromatic carbocycles. The minimum Gasteiger partial charge on any atom is -0.398 e. The summed E-state index contributed by atoms with van der Waals surface area (Å²) < 4.78 is 18.9. The zero-order chi connectivity index (χ0) is 15.0. The summed E-state index contributed by atoms with van der Waals surface area (Å²) >= 11 is 9.21. The molecule has 0 aliphatic rings. The van der Waals surface area contributed by atoms with E-state index in [1.165, 1.54) is 12.1 Å². The molecular formula is C14H8BrClFN3O. The van der Waals surface area contributed by atoms with E-state index >= 15 is 0 Å². The van der Waals surface area contributed by atoms with Gasteiger partial charge in [-0.05, 0) is 52.3 Å². The Kier molecular flexibility index (Phi) is 3.65. The molecule has 1 aromatic heterocycles. The summed E-state index contributed by atoms with van der Waals surface area (Å²) in [6.07, 6.45) is 0. The van der Waals surface area contributed by atoms with Gasteiger partial charge in [-0.3, -0.25) is 0 Å². The van der Waals surface area contributed by atoms with Gasteiger partial charge < -0.3 is 10.3 Å². The normalized spacial score (nSPS) is 10.8. The lowest BCUT2D eigenvalue weighted by molar-refractivity contribution is 0.432. The van der Waals surface area contributed by atoms with Crippen molar-refractivity contribution in [1.82, 2.24) is 10.1 Å². The maximum absolute atomic E-state index is 13.1. The zero-order valence-corrected chi connectivity index (χ0v) is 12.8. The smallest absolute Gasteiger partial charge is 0.260 e. The number of halogens is 3. The van der Waals surface area contributed by atoms with Gasteiger partial charge in [0, 0.05) is 20.7 Å². The second-order valence-corrected chi connectivity index (χ2v) is 5.57. The van der Waals surface area contributed by atoms with Gasteiger partial charge in [-0.1, -0.05) is 16.8 Å². The van der Waals surface area contributed by atoms with Crippen molar-refractivity contribution >= 4 is 33.2 Å². The van der Waals surface area contributed by atoms with Crippen molar-refractivity contribution in [3.8, 4) is 22.8 Å². The van der Waals surface area contributed by atoms with E-state index in [1.807, 2.05) is 0 Å². The molecule has 0 saturated carbocycles. The molecule has 0 atom stereocenters. The molecule has 0 aliphatic heterocycles. The van der Waals surface area contributed by atoms with Gasteiger partial charge in [-0.15, -0.1) is 0 Å². The van der Waals surface area contributed by atoms with E-state index in [4.69, 9.17) is 21.9 Å². The minimum absolute atomic E-state index is 0.251. The molecule has 2 N–H and O–H groups in total. The number of nitrogen functional groups attached to an aromatic ring is 1. The minimum atomic E-state index is -0.353. The Hall–Kier alpha value is -1.92. The molecule has 4 nitrogen and oxygen atoms in total. The first-order valence-electron chi connectivity index (χ1n) is 5.89. The van der Waals surface area contributed by atoms with Crippen LogP contribution in [-0.4, -0.2) is 10.1 Å². The largest absolute Gasteiger partial charge is 0.398 e. The van der Waals surface area contributed by atoms with Crippen LogP contribution in [0.25, 0.3) is 22.8 Å². The number of aromatic nitrogens is 2. The first-order valence-corrected chi connectivity index (χ1v) is 7.06. The Morgan fingerprint density at radius 2 is 1.95 bits per heavy atom. The molecule has 7 heteroatoms. The van der Waals surface area contributed by atoms with Crippen molar-refractivity contribution in [2.75, 3.05) is 5.73 Å². The van der Waals surface area contributed by atoms with Crippen LogP contribution in [0.1, 0.15) is 0 Å². The van der Waals surface area contributed by atoms with Gasteiger partial charge >= 0.3 is 0 Å². The fraction of sp³-hybridized carbons (Fsp3) is 0. The monoisotopic (exact) mass is 367 g/mol. The van der Waals surface area contributed by atoms with Gasteiger partial charge in [-0.25, -0.2) is 4.39 Å². The highest BCUT2D eigenvalue weighted by Gasteiger charge is 2.15. The van der Waals surface area contributed by atoms with E-state index in [-0.39, 0.29) is 11.7 Å². The highest BCUT2D eigenvalue weighted by Crippen LogP contribution is 2.31. The summed E-state index contributed by atoms with van der Waals surface area (Å²) in [5.74, 6) is 0.228. The second kappa shape index (κ2) is 5.46. The van der Waals surface area contributed by atoms with E-state index in [1.54, 1.807) is 24.3 Å². The Balaban J connectivity index is 2.06. The van der Waals surface area contributed by atoms with Gasteiger partial charge in [0.1, 0.15) is 5.82 Å². The molecule has 0 aliphatic carbocycles. The number of benzene rings is 2. The van der Waals surface area contributed by atoms with Crippen LogP contribution in [0, 0.1) is 5.82 Å². The van der Waals surface area contributed by atoms with Crippen molar-refractivity contribution < 1.29 is 8.91 Å². The van der Waals surface area contributed by atoms with Crippen LogP contribution in [0.15, 0.2) is 45.4 Å². The number of nitrogens with zero attached hydrogens (tertiary/aromatic N) is 2. The lowest BCUT2D eigenvalue weighted by atomic mass is 10.2. The molecule has 3 rings (SSSR count). The molecule has 0 saturated heterocycles. The summed E-state index contributed by atoms with van der Waals surface area (Å²) in [7, 11) is 0. The third-order valence-corrected chi connectivity index (χ3v) is 3.73. The molecule has 0 unspecified atom stereocenters. The predicted molar refractivity (Wildman–Crippen MR) is 82.3 cm³/mol. The van der Waals surface area contributed by atoms with Crippen molar-refractivity contribution in [2.24, 2.45) is 0 Å². The van der Waals surface area contributed by atoms with Crippen LogP contribution in [0.5, 0.6) is 0 Å². The summed E-state index contributed by atoms with van der Waals surface area (Å²) in [6, 6.07) is 9.20. The third kappa shape index (κ3) is 2.77. The van der Waals surface area contributed by atoms with Crippen LogP contribution >= 0.6 is 27.5 Å². The van der Waals surface area contributed by atoms with Gasteiger partial charge in [0.25, 0.3) is 5.89 Å². The molecule has 106 valence electrons. The van der Waals surface area contributed by atoms with Crippen molar-refractivity contribution in [2.45, 2.75) is 0 Å². The molecule has 3 aromatic rings. The number of hydrogen-bond acceptors (Lipinski definition) is 4.